The van der Waals surface area contributed by atoms with Crippen molar-refractivity contribution in [3.05, 3.63) is 109 Å². The summed E-state index contributed by atoms with van der Waals surface area (Å²) < 4.78 is 8.72. The molecule has 0 aliphatic carbocycles. The highest BCUT2D eigenvalue weighted by Gasteiger charge is 2.23. The third-order valence-corrected chi connectivity index (χ3v) is 5.45. The van der Waals surface area contributed by atoms with Crippen molar-refractivity contribution in [3.8, 4) is 34.0 Å². The van der Waals surface area contributed by atoms with Gasteiger partial charge in [0.1, 0.15) is 22.8 Å². The van der Waals surface area contributed by atoms with Crippen LogP contribution in [0.15, 0.2) is 114 Å². The van der Waals surface area contributed by atoms with Crippen LogP contribution in [0, 0.1) is 0 Å². The van der Waals surface area contributed by atoms with Crippen molar-refractivity contribution in [2.24, 2.45) is 0 Å². The lowest BCUT2D eigenvalue weighted by Crippen LogP contribution is -1.88. The van der Waals surface area contributed by atoms with Gasteiger partial charge in [-0.25, -0.2) is 4.98 Å². The molecule has 0 N–H and O–H groups in total. The number of hydrogen-bond donors (Lipinski definition) is 0. The van der Waals surface area contributed by atoms with E-state index in [1.807, 2.05) is 60.8 Å². The van der Waals surface area contributed by atoms with Crippen molar-refractivity contribution in [1.29, 1.82) is 0 Å². The summed E-state index contributed by atoms with van der Waals surface area (Å²) in [7, 11) is 0. The average Bonchev–Trinajstić information content (AvgIpc) is 3.39. The first-order valence-electron chi connectivity index (χ1n) is 10.00. The van der Waals surface area contributed by atoms with E-state index in [4.69, 9.17) is 9.40 Å². The summed E-state index contributed by atoms with van der Waals surface area (Å²) in [4.78, 5) is 4.95. The summed E-state index contributed by atoms with van der Waals surface area (Å²) in [5, 5.41) is 2.18. The summed E-state index contributed by atoms with van der Waals surface area (Å²) in [5.74, 6) is 1.72. The molecule has 0 unspecified atom stereocenters. The van der Waals surface area contributed by atoms with E-state index in [0.29, 0.717) is 0 Å². The quantitative estimate of drug-likeness (QED) is 0.325. The van der Waals surface area contributed by atoms with Crippen LogP contribution in [0.4, 0.5) is 0 Å². The zero-order valence-corrected chi connectivity index (χ0v) is 16.2. The molecule has 6 aromatic rings. The Morgan fingerprint density at radius 3 is 1.90 bits per heavy atom. The van der Waals surface area contributed by atoms with E-state index < -0.39 is 0 Å². The number of hydrogen-bond acceptors (Lipinski definition) is 2. The Kier molecular flexibility index (Phi) is 3.78. The van der Waals surface area contributed by atoms with Crippen LogP contribution < -0.4 is 0 Å². The second-order valence-corrected chi connectivity index (χ2v) is 7.28. The maximum Gasteiger partial charge on any atom is 0.161 e. The van der Waals surface area contributed by atoms with Crippen LogP contribution in [0.2, 0.25) is 0 Å². The van der Waals surface area contributed by atoms with Gasteiger partial charge < -0.3 is 4.42 Å². The summed E-state index contributed by atoms with van der Waals surface area (Å²) in [6.45, 7) is 0. The smallest absolute Gasteiger partial charge is 0.161 e. The van der Waals surface area contributed by atoms with Crippen molar-refractivity contribution >= 4 is 16.4 Å². The Morgan fingerprint density at radius 1 is 0.567 bits per heavy atom. The Morgan fingerprint density at radius 2 is 1.17 bits per heavy atom. The van der Waals surface area contributed by atoms with E-state index in [0.717, 1.165) is 50.5 Å². The molecule has 0 radical (unpaired) electrons. The molecule has 142 valence electrons. The van der Waals surface area contributed by atoms with Gasteiger partial charge in [-0.2, -0.15) is 0 Å². The molecular formula is C27H18N2O. The van der Waals surface area contributed by atoms with Gasteiger partial charge in [-0.1, -0.05) is 91.0 Å². The van der Waals surface area contributed by atoms with Crippen LogP contribution in [0.5, 0.6) is 0 Å². The molecule has 0 bridgehead atoms. The number of aromatic nitrogens is 2. The molecule has 0 saturated carbocycles. The van der Waals surface area contributed by atoms with Gasteiger partial charge in [-0.3, -0.25) is 4.40 Å². The molecule has 6 rings (SSSR count). The number of furan rings is 1. The van der Waals surface area contributed by atoms with Crippen LogP contribution in [0.1, 0.15) is 0 Å². The number of nitrogens with zero attached hydrogens (tertiary/aromatic N) is 2. The highest BCUT2D eigenvalue weighted by atomic mass is 16.3. The Labute approximate surface area is 173 Å². The van der Waals surface area contributed by atoms with E-state index in [2.05, 4.69) is 52.9 Å². The van der Waals surface area contributed by atoms with Crippen molar-refractivity contribution in [3.63, 3.8) is 0 Å². The average molecular weight is 386 g/mol. The number of pyridine rings is 1. The van der Waals surface area contributed by atoms with Gasteiger partial charge in [0.05, 0.1) is 0 Å². The van der Waals surface area contributed by atoms with Gasteiger partial charge in [0, 0.05) is 28.1 Å². The number of fused-ring (bicyclic) bond motifs is 2. The largest absolute Gasteiger partial charge is 0.453 e. The van der Waals surface area contributed by atoms with Crippen LogP contribution in [-0.2, 0) is 0 Å². The fraction of sp³-hybridized carbons (Fsp3) is 0. The lowest BCUT2D eigenvalue weighted by atomic mass is 10.0. The minimum absolute atomic E-state index is 0.835. The van der Waals surface area contributed by atoms with Crippen LogP contribution in [-0.4, -0.2) is 9.38 Å². The third kappa shape index (κ3) is 2.56. The highest BCUT2D eigenvalue weighted by Crippen LogP contribution is 2.42. The van der Waals surface area contributed by atoms with Crippen molar-refractivity contribution < 1.29 is 4.42 Å². The molecule has 0 amide bonds. The zero-order chi connectivity index (χ0) is 19.9. The maximum absolute atomic E-state index is 6.61. The Bertz CT molecular complexity index is 1480. The van der Waals surface area contributed by atoms with Gasteiger partial charge in [0.25, 0.3) is 0 Å². The summed E-state index contributed by atoms with van der Waals surface area (Å²) in [6, 6.07) is 35.0. The topological polar surface area (TPSA) is 30.4 Å². The first kappa shape index (κ1) is 16.8. The molecule has 3 aromatic heterocycles. The van der Waals surface area contributed by atoms with Crippen molar-refractivity contribution in [2.75, 3.05) is 0 Å². The fourth-order valence-corrected chi connectivity index (χ4v) is 4.08. The third-order valence-electron chi connectivity index (χ3n) is 5.45. The van der Waals surface area contributed by atoms with E-state index >= 15 is 0 Å². The molecule has 0 saturated heterocycles. The lowest BCUT2D eigenvalue weighted by Gasteiger charge is -2.04. The Hall–Kier alpha value is -4.11. The minimum Gasteiger partial charge on any atom is -0.453 e. The first-order chi connectivity index (χ1) is 14.9. The Balaban J connectivity index is 1.72. The predicted octanol–water partition coefficient (Wildman–Crippen LogP) is 7.08. The summed E-state index contributed by atoms with van der Waals surface area (Å²) in [6.07, 6.45) is 2.05. The monoisotopic (exact) mass is 386 g/mol. The molecule has 0 atom stereocenters. The van der Waals surface area contributed by atoms with E-state index in [1.165, 1.54) is 0 Å². The summed E-state index contributed by atoms with van der Waals surface area (Å²) in [5.41, 5.74) is 4.91. The van der Waals surface area contributed by atoms with E-state index in [-0.39, 0.29) is 0 Å². The molecular weight excluding hydrogens is 368 g/mol. The maximum atomic E-state index is 6.61. The van der Waals surface area contributed by atoms with Crippen molar-refractivity contribution in [1.82, 2.24) is 9.38 Å². The number of rotatable bonds is 3. The van der Waals surface area contributed by atoms with Gasteiger partial charge in [-0.05, 0) is 12.1 Å². The number of imidazole rings is 1. The van der Waals surface area contributed by atoms with E-state index in [1.54, 1.807) is 0 Å². The van der Waals surface area contributed by atoms with Crippen LogP contribution in [0.25, 0.3) is 50.5 Å². The zero-order valence-electron chi connectivity index (χ0n) is 16.2. The molecule has 3 heteroatoms. The molecule has 30 heavy (non-hydrogen) atoms. The predicted molar refractivity (Wildman–Crippen MR) is 121 cm³/mol. The highest BCUT2D eigenvalue weighted by molar-refractivity contribution is 6.04. The lowest BCUT2D eigenvalue weighted by molar-refractivity contribution is 0.599. The van der Waals surface area contributed by atoms with Crippen molar-refractivity contribution in [2.45, 2.75) is 0 Å². The minimum atomic E-state index is 0.835. The van der Waals surface area contributed by atoms with Gasteiger partial charge in [0.15, 0.2) is 5.76 Å². The second kappa shape index (κ2) is 6.75. The van der Waals surface area contributed by atoms with Gasteiger partial charge >= 0.3 is 0 Å². The molecule has 0 spiro atoms. The second-order valence-electron chi connectivity index (χ2n) is 7.28. The normalized spacial score (nSPS) is 11.3. The summed E-state index contributed by atoms with van der Waals surface area (Å²) >= 11 is 0. The van der Waals surface area contributed by atoms with Gasteiger partial charge in [-0.15, -0.1) is 0 Å². The number of benzene rings is 3. The SMILES string of the molecule is c1ccc(-c2nc3ccccn3c2-c2oc(-c3ccccc3)c3ccccc23)cc1. The molecule has 3 nitrogen and oxygen atoms in total. The molecule has 3 heterocycles. The van der Waals surface area contributed by atoms with Crippen LogP contribution in [0.3, 0.4) is 0 Å². The fourth-order valence-electron chi connectivity index (χ4n) is 4.08. The standard InChI is InChI=1S/C27H18N2O/c1-3-11-19(12-4-1)24-25(29-18-10-9-17-23(29)28-24)27-22-16-8-7-15-21(22)26(30-27)20-13-5-2-6-14-20/h1-18H. The molecule has 3 aromatic carbocycles. The molecule has 0 fully saturated rings. The molecule has 0 aliphatic heterocycles. The van der Waals surface area contributed by atoms with Crippen LogP contribution >= 0.6 is 0 Å². The molecule has 0 aliphatic rings. The van der Waals surface area contributed by atoms with Gasteiger partial charge in [0.2, 0.25) is 0 Å². The van der Waals surface area contributed by atoms with E-state index in [9.17, 15) is 0 Å². The first-order valence-corrected chi connectivity index (χ1v) is 10.00.